The highest BCUT2D eigenvalue weighted by Crippen LogP contribution is 2.51. The molecule has 2 rings (SSSR count). The molecule has 2 nitrogen and oxygen atoms in total. The second-order valence-corrected chi connectivity index (χ2v) is 6.73. The van der Waals surface area contributed by atoms with Crippen LogP contribution in [0.15, 0.2) is 16.6 Å². The van der Waals surface area contributed by atoms with Gasteiger partial charge in [0.1, 0.15) is 5.75 Å². The monoisotopic (exact) mass is 298 g/mol. The van der Waals surface area contributed by atoms with Gasteiger partial charge in [0, 0.05) is 15.6 Å². The van der Waals surface area contributed by atoms with Crippen molar-refractivity contribution in [3.05, 3.63) is 27.7 Å². The predicted octanol–water partition coefficient (Wildman–Crippen LogP) is 3.74. The quantitative estimate of drug-likeness (QED) is 0.901. The number of aliphatic hydroxyl groups is 1. The van der Waals surface area contributed by atoms with Gasteiger partial charge in [0.05, 0.1) is 12.7 Å². The van der Waals surface area contributed by atoms with E-state index in [-0.39, 0.29) is 5.41 Å². The molecule has 0 radical (unpaired) electrons. The largest absolute Gasteiger partial charge is 0.496 e. The Kier molecular flexibility index (Phi) is 3.03. The summed E-state index contributed by atoms with van der Waals surface area (Å²) in [7, 11) is 1.67. The maximum Gasteiger partial charge on any atom is 0.128 e. The van der Waals surface area contributed by atoms with Gasteiger partial charge in [0.15, 0.2) is 0 Å². The number of hydrogen-bond acceptors (Lipinski definition) is 2. The molecule has 0 aliphatic heterocycles. The van der Waals surface area contributed by atoms with Crippen LogP contribution in [-0.2, 0) is 11.0 Å². The van der Waals surface area contributed by atoms with Crippen LogP contribution in [0.1, 0.15) is 44.7 Å². The van der Waals surface area contributed by atoms with E-state index >= 15 is 0 Å². The minimum atomic E-state index is -0.672. The summed E-state index contributed by atoms with van der Waals surface area (Å²) >= 11 is 3.52. The van der Waals surface area contributed by atoms with Crippen molar-refractivity contribution in [3.63, 3.8) is 0 Å². The van der Waals surface area contributed by atoms with E-state index in [9.17, 15) is 5.11 Å². The summed E-state index contributed by atoms with van der Waals surface area (Å²) < 4.78 is 6.54. The summed E-state index contributed by atoms with van der Waals surface area (Å²) in [6.45, 7) is 6.45. The fourth-order valence-corrected chi connectivity index (χ4v) is 2.56. The van der Waals surface area contributed by atoms with Crippen LogP contribution >= 0.6 is 15.9 Å². The van der Waals surface area contributed by atoms with Crippen LogP contribution < -0.4 is 4.74 Å². The van der Waals surface area contributed by atoms with Gasteiger partial charge in [-0.3, -0.25) is 0 Å². The molecule has 1 saturated carbocycles. The molecule has 0 amide bonds. The molecule has 3 heteroatoms. The molecule has 1 aliphatic rings. The zero-order valence-corrected chi connectivity index (χ0v) is 12.4. The lowest BCUT2D eigenvalue weighted by Crippen LogP contribution is -2.16. The summed E-state index contributed by atoms with van der Waals surface area (Å²) in [5, 5.41) is 10.3. The Balaban J connectivity index is 2.64. The lowest BCUT2D eigenvalue weighted by atomic mass is 9.84. The van der Waals surface area contributed by atoms with Gasteiger partial charge in [0.2, 0.25) is 0 Å². The van der Waals surface area contributed by atoms with Crippen molar-refractivity contribution in [1.82, 2.24) is 0 Å². The number of hydrogen-bond donors (Lipinski definition) is 1. The molecule has 0 bridgehead atoms. The molecule has 0 heterocycles. The molecule has 0 atom stereocenters. The van der Waals surface area contributed by atoms with Gasteiger partial charge < -0.3 is 9.84 Å². The van der Waals surface area contributed by atoms with Crippen molar-refractivity contribution in [3.8, 4) is 5.75 Å². The molecule has 1 aliphatic carbocycles. The highest BCUT2D eigenvalue weighted by molar-refractivity contribution is 9.10. The second kappa shape index (κ2) is 3.99. The maximum absolute atomic E-state index is 10.3. The van der Waals surface area contributed by atoms with Gasteiger partial charge in [-0.15, -0.1) is 0 Å². The van der Waals surface area contributed by atoms with Crippen molar-refractivity contribution in [2.24, 2.45) is 0 Å². The number of benzene rings is 1. The van der Waals surface area contributed by atoms with E-state index in [1.165, 1.54) is 0 Å². The molecule has 1 N–H and O–H groups in total. The molecule has 0 saturated heterocycles. The second-order valence-electron chi connectivity index (χ2n) is 5.82. The number of halogens is 1. The first-order chi connectivity index (χ1) is 7.78. The SMILES string of the molecule is COc1c(C(C)(C)C)cc(Br)cc1C1(O)CC1. The van der Waals surface area contributed by atoms with E-state index < -0.39 is 5.60 Å². The third-order valence-corrected chi connectivity index (χ3v) is 3.75. The topological polar surface area (TPSA) is 29.5 Å². The van der Waals surface area contributed by atoms with Gasteiger partial charge in [-0.2, -0.15) is 0 Å². The lowest BCUT2D eigenvalue weighted by molar-refractivity contribution is 0.147. The number of rotatable bonds is 2. The van der Waals surface area contributed by atoms with Gasteiger partial charge in [0.25, 0.3) is 0 Å². The molecule has 1 aromatic carbocycles. The number of ether oxygens (including phenoxy) is 1. The summed E-state index contributed by atoms with van der Waals surface area (Å²) in [6.07, 6.45) is 1.65. The highest BCUT2D eigenvalue weighted by Gasteiger charge is 2.45. The molecule has 0 unspecified atom stereocenters. The Morgan fingerprint density at radius 3 is 2.29 bits per heavy atom. The third kappa shape index (κ3) is 2.36. The van der Waals surface area contributed by atoms with E-state index in [0.717, 1.165) is 34.2 Å². The third-order valence-electron chi connectivity index (χ3n) is 3.29. The van der Waals surface area contributed by atoms with Crippen molar-refractivity contribution in [1.29, 1.82) is 0 Å². The van der Waals surface area contributed by atoms with Crippen molar-refractivity contribution in [2.45, 2.75) is 44.6 Å². The average molecular weight is 299 g/mol. The lowest BCUT2D eigenvalue weighted by Gasteiger charge is -2.26. The predicted molar refractivity (Wildman–Crippen MR) is 72.5 cm³/mol. The maximum atomic E-state index is 10.3. The first-order valence-electron chi connectivity index (χ1n) is 5.89. The fourth-order valence-electron chi connectivity index (χ4n) is 2.10. The minimum absolute atomic E-state index is 0.00484. The molecule has 94 valence electrons. The van der Waals surface area contributed by atoms with E-state index in [4.69, 9.17) is 4.74 Å². The van der Waals surface area contributed by atoms with Crippen LogP contribution in [0.25, 0.3) is 0 Å². The van der Waals surface area contributed by atoms with Crippen LogP contribution in [0, 0.1) is 0 Å². The molecule has 0 spiro atoms. The van der Waals surface area contributed by atoms with Crippen LogP contribution in [0.4, 0.5) is 0 Å². The zero-order chi connectivity index (χ0) is 12.8. The smallest absolute Gasteiger partial charge is 0.128 e. The van der Waals surface area contributed by atoms with Gasteiger partial charge in [-0.1, -0.05) is 36.7 Å². The van der Waals surface area contributed by atoms with Crippen molar-refractivity contribution >= 4 is 15.9 Å². The average Bonchev–Trinajstić information content (AvgIpc) is 2.95. The van der Waals surface area contributed by atoms with Gasteiger partial charge in [-0.05, 0) is 30.4 Å². The molecular formula is C14H19BrO2. The van der Waals surface area contributed by atoms with Gasteiger partial charge >= 0.3 is 0 Å². The molecule has 0 aromatic heterocycles. The summed E-state index contributed by atoms with van der Waals surface area (Å²) in [4.78, 5) is 0. The van der Waals surface area contributed by atoms with E-state index in [2.05, 4.69) is 42.8 Å². The van der Waals surface area contributed by atoms with E-state index in [0.29, 0.717) is 0 Å². The van der Waals surface area contributed by atoms with Crippen LogP contribution in [0.3, 0.4) is 0 Å². The van der Waals surface area contributed by atoms with Crippen LogP contribution in [0.5, 0.6) is 5.75 Å². The summed E-state index contributed by atoms with van der Waals surface area (Å²) in [6, 6.07) is 4.05. The number of methoxy groups -OCH3 is 1. The molecule has 1 fully saturated rings. The minimum Gasteiger partial charge on any atom is -0.496 e. The first kappa shape index (κ1) is 12.9. The Morgan fingerprint density at radius 1 is 1.29 bits per heavy atom. The molecular weight excluding hydrogens is 280 g/mol. The molecule has 1 aromatic rings. The van der Waals surface area contributed by atoms with Crippen molar-refractivity contribution in [2.75, 3.05) is 7.11 Å². The zero-order valence-electron chi connectivity index (χ0n) is 10.8. The normalized spacial score (nSPS) is 18.0. The highest BCUT2D eigenvalue weighted by atomic mass is 79.9. The standard InChI is InChI=1S/C14H19BrO2/c1-13(2,3)10-7-9(15)8-11(12(10)17-4)14(16)5-6-14/h7-8,16H,5-6H2,1-4H3. The Morgan fingerprint density at radius 2 is 1.88 bits per heavy atom. The van der Waals surface area contributed by atoms with E-state index in [1.807, 2.05) is 6.07 Å². The summed E-state index contributed by atoms with van der Waals surface area (Å²) in [5.41, 5.74) is 1.37. The van der Waals surface area contributed by atoms with Crippen LogP contribution in [-0.4, -0.2) is 12.2 Å². The summed E-state index contributed by atoms with van der Waals surface area (Å²) in [5.74, 6) is 0.834. The fraction of sp³-hybridized carbons (Fsp3) is 0.571. The Labute approximate surface area is 111 Å². The van der Waals surface area contributed by atoms with Gasteiger partial charge in [-0.25, -0.2) is 0 Å². The van der Waals surface area contributed by atoms with E-state index in [1.54, 1.807) is 7.11 Å². The first-order valence-corrected chi connectivity index (χ1v) is 6.68. The van der Waals surface area contributed by atoms with Crippen molar-refractivity contribution < 1.29 is 9.84 Å². The molecule has 17 heavy (non-hydrogen) atoms. The Bertz CT molecular complexity index is 416. The van der Waals surface area contributed by atoms with Crippen LogP contribution in [0.2, 0.25) is 0 Å². The Hall–Kier alpha value is -0.540.